The van der Waals surface area contributed by atoms with Gasteiger partial charge in [0.15, 0.2) is 11.5 Å². The van der Waals surface area contributed by atoms with Crippen molar-refractivity contribution < 1.29 is 14.3 Å². The van der Waals surface area contributed by atoms with Crippen LogP contribution in [0, 0.1) is 0 Å². The van der Waals surface area contributed by atoms with E-state index in [0.29, 0.717) is 17.9 Å². The van der Waals surface area contributed by atoms with Crippen LogP contribution in [0.4, 0.5) is 5.82 Å². The van der Waals surface area contributed by atoms with Gasteiger partial charge in [0.05, 0.1) is 19.4 Å². The van der Waals surface area contributed by atoms with Crippen LogP contribution >= 0.6 is 0 Å². The molecule has 0 unspecified atom stereocenters. The summed E-state index contributed by atoms with van der Waals surface area (Å²) in [6.07, 6.45) is 6.27. The van der Waals surface area contributed by atoms with E-state index in [1.807, 2.05) is 18.2 Å². The van der Waals surface area contributed by atoms with Crippen molar-refractivity contribution in [2.24, 2.45) is 5.73 Å². The van der Waals surface area contributed by atoms with E-state index in [0.717, 1.165) is 29.9 Å². The van der Waals surface area contributed by atoms with Crippen molar-refractivity contribution in [1.29, 1.82) is 0 Å². The zero-order valence-electron chi connectivity index (χ0n) is 13.7. The number of hydrogen-bond donors (Lipinski definition) is 3. The van der Waals surface area contributed by atoms with Gasteiger partial charge in [-0.05, 0) is 43.4 Å². The first kappa shape index (κ1) is 16.2. The average Bonchev–Trinajstić information content (AvgIpc) is 3.24. The van der Waals surface area contributed by atoms with Gasteiger partial charge in [-0.25, -0.2) is 0 Å². The highest BCUT2D eigenvalue weighted by Gasteiger charge is 2.18. The molecule has 1 aromatic heterocycles. The lowest BCUT2D eigenvalue weighted by Crippen LogP contribution is -2.14. The van der Waals surface area contributed by atoms with Gasteiger partial charge in [0, 0.05) is 6.54 Å². The fourth-order valence-corrected chi connectivity index (χ4v) is 2.91. The van der Waals surface area contributed by atoms with Crippen molar-refractivity contribution in [1.82, 2.24) is 10.2 Å². The minimum atomic E-state index is -0.522. The molecule has 0 aliphatic heterocycles. The first-order chi connectivity index (χ1) is 11.7. The summed E-state index contributed by atoms with van der Waals surface area (Å²) in [6, 6.07) is 5.81. The molecule has 3 rings (SSSR count). The number of carbonyl (C=O) groups is 1. The van der Waals surface area contributed by atoms with E-state index in [1.54, 1.807) is 7.11 Å². The molecule has 0 radical (unpaired) electrons. The molecule has 1 amide bonds. The number of primary amides is 1. The number of carbonyl (C=O) groups excluding carboxylic acids is 1. The van der Waals surface area contributed by atoms with E-state index in [1.165, 1.54) is 19.0 Å². The zero-order chi connectivity index (χ0) is 16.9. The summed E-state index contributed by atoms with van der Waals surface area (Å²) in [5.74, 6) is 1.47. The normalized spacial score (nSPS) is 14.5. The Bertz CT molecular complexity index is 708. The molecule has 7 heteroatoms. The van der Waals surface area contributed by atoms with Crippen molar-refractivity contribution in [3.05, 3.63) is 35.5 Å². The van der Waals surface area contributed by atoms with Crippen molar-refractivity contribution in [3.63, 3.8) is 0 Å². The lowest BCUT2D eigenvalue weighted by molar-refractivity contribution is 0.100. The lowest BCUT2D eigenvalue weighted by Gasteiger charge is -2.17. The SMILES string of the molecule is COc1ccc(CNc2[nH]ncc2C(N)=O)cc1OC1CCCC1. The standard InChI is InChI=1S/C17H22N4O3/c1-23-14-7-6-11(8-15(14)24-12-4-2-3-5-12)9-19-17-13(16(18)22)10-20-21-17/h6-8,10,12H,2-5,9H2,1H3,(H2,18,22)(H2,19,20,21). The molecule has 2 aromatic rings. The van der Waals surface area contributed by atoms with Crippen LogP contribution in [0.2, 0.25) is 0 Å². The van der Waals surface area contributed by atoms with Gasteiger partial charge in [-0.2, -0.15) is 5.10 Å². The molecule has 128 valence electrons. The highest BCUT2D eigenvalue weighted by Crippen LogP contribution is 2.32. The van der Waals surface area contributed by atoms with Crippen LogP contribution in [0.3, 0.4) is 0 Å². The Kier molecular flexibility index (Phi) is 4.88. The van der Waals surface area contributed by atoms with E-state index >= 15 is 0 Å². The molecule has 0 saturated heterocycles. The van der Waals surface area contributed by atoms with E-state index in [4.69, 9.17) is 15.2 Å². The predicted octanol–water partition coefficient (Wildman–Crippen LogP) is 2.45. The topological polar surface area (TPSA) is 102 Å². The number of amides is 1. The van der Waals surface area contributed by atoms with Gasteiger partial charge in [0.25, 0.3) is 5.91 Å². The number of aromatic nitrogens is 2. The molecular formula is C17H22N4O3. The van der Waals surface area contributed by atoms with Gasteiger partial charge in [0.1, 0.15) is 11.4 Å². The molecule has 1 aliphatic rings. The van der Waals surface area contributed by atoms with Gasteiger partial charge in [0.2, 0.25) is 0 Å². The Balaban J connectivity index is 1.71. The Morgan fingerprint density at radius 2 is 2.17 bits per heavy atom. The fraction of sp³-hybridized carbons (Fsp3) is 0.412. The van der Waals surface area contributed by atoms with Gasteiger partial charge in [-0.1, -0.05) is 6.07 Å². The number of aromatic amines is 1. The van der Waals surface area contributed by atoms with Crippen LogP contribution < -0.4 is 20.5 Å². The lowest BCUT2D eigenvalue weighted by atomic mass is 10.2. The summed E-state index contributed by atoms with van der Waals surface area (Å²) in [4.78, 5) is 11.3. The highest BCUT2D eigenvalue weighted by atomic mass is 16.5. The molecule has 1 aliphatic carbocycles. The van der Waals surface area contributed by atoms with Gasteiger partial charge >= 0.3 is 0 Å². The van der Waals surface area contributed by atoms with E-state index in [-0.39, 0.29) is 6.10 Å². The Labute approximate surface area is 140 Å². The number of rotatable bonds is 7. The first-order valence-corrected chi connectivity index (χ1v) is 8.08. The summed E-state index contributed by atoms with van der Waals surface area (Å²) in [7, 11) is 1.64. The zero-order valence-corrected chi connectivity index (χ0v) is 13.7. The third kappa shape index (κ3) is 3.61. The number of methoxy groups -OCH3 is 1. The summed E-state index contributed by atoms with van der Waals surface area (Å²) in [6.45, 7) is 0.507. The number of nitrogens with one attached hydrogen (secondary N) is 2. The largest absolute Gasteiger partial charge is 0.493 e. The predicted molar refractivity (Wildman–Crippen MR) is 90.3 cm³/mol. The van der Waals surface area contributed by atoms with Crippen molar-refractivity contribution in [2.45, 2.75) is 38.3 Å². The van der Waals surface area contributed by atoms with Gasteiger partial charge in [-0.3, -0.25) is 9.89 Å². The van der Waals surface area contributed by atoms with Crippen LogP contribution in [0.25, 0.3) is 0 Å². The molecule has 0 spiro atoms. The van der Waals surface area contributed by atoms with Crippen molar-refractivity contribution in [2.75, 3.05) is 12.4 Å². The molecule has 0 bridgehead atoms. The second-order valence-corrected chi connectivity index (χ2v) is 5.89. The summed E-state index contributed by atoms with van der Waals surface area (Å²) >= 11 is 0. The fourth-order valence-electron chi connectivity index (χ4n) is 2.91. The molecule has 1 heterocycles. The second kappa shape index (κ2) is 7.25. The molecule has 7 nitrogen and oxygen atoms in total. The first-order valence-electron chi connectivity index (χ1n) is 8.08. The number of nitrogens with two attached hydrogens (primary N) is 1. The molecule has 4 N–H and O–H groups in total. The van der Waals surface area contributed by atoms with E-state index in [2.05, 4.69) is 15.5 Å². The second-order valence-electron chi connectivity index (χ2n) is 5.89. The minimum absolute atomic E-state index is 0.260. The van der Waals surface area contributed by atoms with Crippen LogP contribution in [-0.4, -0.2) is 29.3 Å². The molecule has 1 fully saturated rings. The van der Waals surface area contributed by atoms with Crippen molar-refractivity contribution in [3.8, 4) is 11.5 Å². The van der Waals surface area contributed by atoms with Crippen molar-refractivity contribution >= 4 is 11.7 Å². The Morgan fingerprint density at radius 3 is 2.88 bits per heavy atom. The maximum absolute atomic E-state index is 11.3. The van der Waals surface area contributed by atoms with Crippen LogP contribution in [-0.2, 0) is 6.54 Å². The molecule has 24 heavy (non-hydrogen) atoms. The third-order valence-corrected chi connectivity index (χ3v) is 4.20. The molecule has 0 atom stereocenters. The maximum atomic E-state index is 11.3. The van der Waals surface area contributed by atoms with Crippen LogP contribution in [0.1, 0.15) is 41.6 Å². The van der Waals surface area contributed by atoms with Gasteiger partial charge in [-0.15, -0.1) is 0 Å². The highest BCUT2D eigenvalue weighted by molar-refractivity contribution is 5.97. The Hall–Kier alpha value is -2.70. The van der Waals surface area contributed by atoms with Gasteiger partial charge < -0.3 is 20.5 Å². The summed E-state index contributed by atoms with van der Waals surface area (Å²) in [5, 5.41) is 9.71. The smallest absolute Gasteiger partial charge is 0.254 e. The maximum Gasteiger partial charge on any atom is 0.254 e. The summed E-state index contributed by atoms with van der Waals surface area (Å²) in [5.41, 5.74) is 6.65. The number of hydrogen-bond acceptors (Lipinski definition) is 5. The van der Waals surface area contributed by atoms with E-state index in [9.17, 15) is 4.79 Å². The van der Waals surface area contributed by atoms with Crippen LogP contribution in [0.5, 0.6) is 11.5 Å². The number of nitrogens with zero attached hydrogens (tertiary/aromatic N) is 1. The number of H-pyrrole nitrogens is 1. The third-order valence-electron chi connectivity index (χ3n) is 4.20. The number of benzene rings is 1. The number of anilines is 1. The summed E-state index contributed by atoms with van der Waals surface area (Å²) < 4.78 is 11.5. The Morgan fingerprint density at radius 1 is 1.38 bits per heavy atom. The van der Waals surface area contributed by atoms with Crippen LogP contribution in [0.15, 0.2) is 24.4 Å². The minimum Gasteiger partial charge on any atom is -0.493 e. The quantitative estimate of drug-likeness (QED) is 0.723. The molecule has 1 aromatic carbocycles. The monoisotopic (exact) mass is 330 g/mol. The molecule has 1 saturated carbocycles. The molecular weight excluding hydrogens is 308 g/mol. The number of ether oxygens (including phenoxy) is 2. The van der Waals surface area contributed by atoms with E-state index < -0.39 is 5.91 Å². The average molecular weight is 330 g/mol.